The number of ether oxygens (including phenoxy) is 8. The van der Waals surface area contributed by atoms with Gasteiger partial charge in [-0.15, -0.1) is 0 Å². The number of carbonyl (C=O) groups excluding carboxylic acids is 7. The minimum atomic E-state index is -0.560. The van der Waals surface area contributed by atoms with E-state index in [2.05, 4.69) is 72.1 Å². The number of nitrogens with two attached hydrogens (primary N) is 1. The van der Waals surface area contributed by atoms with Crippen molar-refractivity contribution in [2.24, 2.45) is 33.9 Å². The van der Waals surface area contributed by atoms with Crippen molar-refractivity contribution in [3.63, 3.8) is 0 Å². The summed E-state index contributed by atoms with van der Waals surface area (Å²) in [6.45, 7) is 14.8. The minimum Gasteiger partial charge on any atom is -0.378 e. The number of nitrogens with zero attached hydrogens (tertiary/aromatic N) is 7. The molecule has 560 valence electrons. The lowest BCUT2D eigenvalue weighted by atomic mass is 9.88. The fraction of sp³-hybridized carbons (Fsp3) is 0.431. The molecule has 1 aliphatic rings. The number of hydrogen-bond acceptors (Lipinski definition) is 20. The van der Waals surface area contributed by atoms with Crippen LogP contribution in [0.1, 0.15) is 92.5 Å². The summed E-state index contributed by atoms with van der Waals surface area (Å²) in [5.41, 5.74) is 12.7. The molecule has 0 radical (unpaired) electrons. The van der Waals surface area contributed by atoms with Crippen LogP contribution in [0, 0.1) is 0 Å². The van der Waals surface area contributed by atoms with Gasteiger partial charge in [-0.25, -0.2) is 9.97 Å². The quantitative estimate of drug-likeness (QED) is 0.0194. The van der Waals surface area contributed by atoms with Gasteiger partial charge in [-0.05, 0) is 90.7 Å². The molecule has 0 saturated heterocycles. The van der Waals surface area contributed by atoms with Crippen LogP contribution in [0.15, 0.2) is 110 Å². The fourth-order valence-corrected chi connectivity index (χ4v) is 11.3. The second-order valence-electron chi connectivity index (χ2n) is 24.2. The van der Waals surface area contributed by atoms with Gasteiger partial charge >= 0.3 is 0 Å². The van der Waals surface area contributed by atoms with Gasteiger partial charge in [-0.3, -0.25) is 33.6 Å². The molecule has 3 aromatic carbocycles. The molecule has 7 aromatic rings. The molecule has 7 amide bonds. The number of rotatable bonds is 45. The molecule has 0 bridgehead atoms. The maximum absolute atomic E-state index is 13.0. The molecule has 4 aromatic heterocycles. The molecule has 10 N–H and O–H groups in total. The predicted octanol–water partition coefficient (Wildman–Crippen LogP) is 6.12. The van der Waals surface area contributed by atoms with Gasteiger partial charge in [0.2, 0.25) is 23.5 Å². The van der Waals surface area contributed by atoms with Gasteiger partial charge in [0, 0.05) is 127 Å². The Kier molecular flexibility index (Phi) is 31.9. The standard InChI is InChI=1S/C72H95ClN16O15/c1-48-40-59(79-55-15-13-54(73)14-16-55)58-41-53(12-17-60(58)89(48)50(3)90)51-8-10-52(11-9-51)69(93)76-22-24-97-26-28-99-30-32-101-34-36-103-38-39-104-37-35-102-33-31-100-29-27-98-25-23-77-71(95)61-42-56(44-85(61)4)78-49(2)67-83-63(46-87(67)6)82-66(92)19-21-75-70(94)62-43-57(45-86(62)5)80-72(96)68-84-64(47-88(68)7)81-65(91)18-20-74/h8-17,41-48,59,78-79H,2,18-40,74H2,1,3-7H3,(H,75,94)(H,76,93)(H,77,95)(H,80,96)(H,81,91)(H,82,92)/t48-,59+/m0/s1. The van der Waals surface area contributed by atoms with E-state index in [0.717, 1.165) is 34.5 Å². The number of aromatic nitrogens is 6. The van der Waals surface area contributed by atoms with Crippen LogP contribution in [0.4, 0.5) is 34.4 Å². The van der Waals surface area contributed by atoms with Crippen LogP contribution in [-0.2, 0) is 80.5 Å². The highest BCUT2D eigenvalue weighted by Crippen LogP contribution is 2.41. The zero-order valence-electron chi connectivity index (χ0n) is 59.6. The van der Waals surface area contributed by atoms with Crippen LogP contribution < -0.4 is 53.2 Å². The van der Waals surface area contributed by atoms with Crippen LogP contribution >= 0.6 is 11.6 Å². The average molecular weight is 1460 g/mol. The predicted molar refractivity (Wildman–Crippen MR) is 394 cm³/mol. The number of imidazole rings is 2. The molecule has 0 unspecified atom stereocenters. The van der Waals surface area contributed by atoms with Gasteiger partial charge in [-0.1, -0.05) is 36.4 Å². The number of aryl methyl sites for hydroxylation is 4. The highest BCUT2D eigenvalue weighted by atomic mass is 35.5. The Balaban J connectivity index is 0.564. The van der Waals surface area contributed by atoms with Crippen molar-refractivity contribution in [3.05, 3.63) is 149 Å². The van der Waals surface area contributed by atoms with E-state index in [4.69, 9.17) is 55.2 Å². The Hall–Kier alpha value is -9.80. The Bertz CT molecular complexity index is 3980. The second-order valence-corrected chi connectivity index (χ2v) is 24.6. The molecule has 0 fully saturated rings. The first-order valence-corrected chi connectivity index (χ1v) is 34.6. The summed E-state index contributed by atoms with van der Waals surface area (Å²) < 4.78 is 51.0. The SMILES string of the molecule is C=C(Nc1cc(C(=O)NCCOCCOCCOCCOCCOCCOCCOCCOCCNC(=O)c2ccc(-c3ccc4c(c3)[C@H](Nc3ccc(Cl)cc3)C[C@H](C)N4C(C)=O)cc2)n(C)c1)c1nc(NC(=O)CCNC(=O)c2cc(NC(=O)c3nc(NC(=O)CCN)cn3C)cn2C)cn1C. The normalized spacial score (nSPS) is 13.2. The van der Waals surface area contributed by atoms with E-state index in [-0.39, 0.29) is 97.9 Å². The monoisotopic (exact) mass is 1460 g/mol. The van der Waals surface area contributed by atoms with Gasteiger partial charge < -0.3 is 109 Å². The van der Waals surface area contributed by atoms with Gasteiger partial charge in [0.15, 0.2) is 17.5 Å². The first kappa shape index (κ1) is 79.9. The van der Waals surface area contributed by atoms with Crippen LogP contribution in [0.25, 0.3) is 16.8 Å². The van der Waals surface area contributed by atoms with Crippen LogP contribution in [0.2, 0.25) is 5.02 Å². The Morgan fingerprint density at radius 3 is 1.46 bits per heavy atom. The van der Waals surface area contributed by atoms with Crippen molar-refractivity contribution in [1.29, 1.82) is 0 Å². The number of benzene rings is 3. The number of fused-ring (bicyclic) bond motifs is 1. The van der Waals surface area contributed by atoms with Gasteiger partial charge in [0.05, 0.1) is 129 Å². The Morgan fingerprint density at radius 1 is 0.500 bits per heavy atom. The minimum absolute atomic E-state index is 0.00234. The van der Waals surface area contributed by atoms with Crippen molar-refractivity contribution < 1.29 is 71.5 Å². The maximum atomic E-state index is 13.0. The van der Waals surface area contributed by atoms with Crippen LogP contribution in [-0.4, -0.2) is 208 Å². The summed E-state index contributed by atoms with van der Waals surface area (Å²) in [7, 11) is 6.73. The van der Waals surface area contributed by atoms with Crippen molar-refractivity contribution >= 4 is 93.0 Å². The summed E-state index contributed by atoms with van der Waals surface area (Å²) in [6, 6.07) is 24.4. The summed E-state index contributed by atoms with van der Waals surface area (Å²) in [6.07, 6.45) is 7.18. The van der Waals surface area contributed by atoms with Crippen molar-refractivity contribution in [2.75, 3.05) is 163 Å². The molecule has 5 heterocycles. The van der Waals surface area contributed by atoms with Crippen molar-refractivity contribution in [1.82, 2.24) is 44.2 Å². The van der Waals surface area contributed by atoms with Crippen molar-refractivity contribution in [2.45, 2.75) is 45.2 Å². The molecule has 31 nitrogen and oxygen atoms in total. The molecule has 0 spiro atoms. The Labute approximate surface area is 609 Å². The van der Waals surface area contributed by atoms with Crippen LogP contribution in [0.5, 0.6) is 0 Å². The summed E-state index contributed by atoms with van der Waals surface area (Å²) >= 11 is 6.14. The molecule has 0 aliphatic carbocycles. The van der Waals surface area contributed by atoms with E-state index in [9.17, 15) is 33.6 Å². The highest BCUT2D eigenvalue weighted by molar-refractivity contribution is 6.30. The maximum Gasteiger partial charge on any atom is 0.291 e. The van der Waals surface area contributed by atoms with E-state index in [1.807, 2.05) is 53.4 Å². The van der Waals surface area contributed by atoms with Crippen LogP contribution in [0.3, 0.4) is 0 Å². The van der Waals surface area contributed by atoms with E-state index in [1.165, 1.54) is 21.4 Å². The van der Waals surface area contributed by atoms with E-state index < -0.39 is 17.7 Å². The third-order valence-corrected chi connectivity index (χ3v) is 16.4. The second kappa shape index (κ2) is 41.5. The first-order chi connectivity index (χ1) is 50.2. The number of hydrogen-bond donors (Lipinski definition) is 9. The molecule has 32 heteroatoms. The molecule has 2 atom stereocenters. The summed E-state index contributed by atoms with van der Waals surface area (Å²) in [5.74, 6) is -1.34. The van der Waals surface area contributed by atoms with E-state index in [0.29, 0.717) is 145 Å². The molecular formula is C72H95ClN16O15. The summed E-state index contributed by atoms with van der Waals surface area (Å²) in [4.78, 5) is 100. The summed E-state index contributed by atoms with van der Waals surface area (Å²) in [5, 5.41) is 24.0. The Morgan fingerprint density at radius 2 is 0.952 bits per heavy atom. The number of anilines is 6. The number of amides is 7. The fourth-order valence-electron chi connectivity index (χ4n) is 11.1. The largest absolute Gasteiger partial charge is 0.378 e. The number of halogens is 1. The van der Waals surface area contributed by atoms with Gasteiger partial charge in [0.25, 0.3) is 23.6 Å². The highest BCUT2D eigenvalue weighted by Gasteiger charge is 2.33. The lowest BCUT2D eigenvalue weighted by Crippen LogP contribution is -2.43. The zero-order valence-corrected chi connectivity index (χ0v) is 60.4. The molecule has 0 saturated carbocycles. The van der Waals surface area contributed by atoms with Gasteiger partial charge in [-0.2, -0.15) is 0 Å². The molecule has 104 heavy (non-hydrogen) atoms. The third kappa shape index (κ3) is 25.0. The lowest BCUT2D eigenvalue weighted by molar-refractivity contribution is -0.117. The number of nitrogens with one attached hydrogen (secondary N) is 8. The third-order valence-electron chi connectivity index (χ3n) is 16.2. The van der Waals surface area contributed by atoms with E-state index >= 15 is 0 Å². The first-order valence-electron chi connectivity index (χ1n) is 34.2. The molecule has 8 rings (SSSR count). The van der Waals surface area contributed by atoms with E-state index in [1.54, 1.807) is 81.0 Å². The number of carbonyl (C=O) groups is 7. The lowest BCUT2D eigenvalue weighted by Gasteiger charge is -2.39. The molecule has 1 aliphatic heterocycles. The average Bonchev–Trinajstić information content (AvgIpc) is 1.31. The zero-order chi connectivity index (χ0) is 74.3. The van der Waals surface area contributed by atoms with Crippen molar-refractivity contribution in [3.8, 4) is 11.1 Å². The topological polar surface area (TPSA) is 364 Å². The van der Waals surface area contributed by atoms with Gasteiger partial charge in [0.1, 0.15) is 11.4 Å². The smallest absolute Gasteiger partial charge is 0.291 e. The molecular weight excluding hydrogens is 1360 g/mol.